The number of nitrogens with zero attached hydrogens (tertiary/aromatic N) is 1. The molecule has 0 spiro atoms. The Labute approximate surface area is 214 Å². The maximum Gasteiger partial charge on any atom is 0.345 e. The number of esters is 1. The van der Waals surface area contributed by atoms with Crippen molar-refractivity contribution >= 4 is 58.2 Å². The van der Waals surface area contributed by atoms with Gasteiger partial charge >= 0.3 is 5.97 Å². The van der Waals surface area contributed by atoms with Gasteiger partial charge in [0.05, 0.1) is 36.0 Å². The van der Waals surface area contributed by atoms with Crippen LogP contribution in [0.15, 0.2) is 71.8 Å². The Bertz CT molecular complexity index is 1250. The maximum atomic E-state index is 12.4. The molecule has 0 aromatic heterocycles. The minimum absolute atomic E-state index is 0.201. The fraction of sp³-hybridized carbons (Fsp3) is 0.0833. The van der Waals surface area contributed by atoms with E-state index < -0.39 is 11.9 Å². The number of hydrazone groups is 1. The minimum Gasteiger partial charge on any atom is -0.493 e. The molecule has 0 unspecified atom stereocenters. The van der Waals surface area contributed by atoms with Crippen LogP contribution in [0.5, 0.6) is 11.5 Å². The van der Waals surface area contributed by atoms with Crippen molar-refractivity contribution in [2.24, 2.45) is 5.10 Å². The fourth-order valence-corrected chi connectivity index (χ4v) is 3.60. The molecule has 0 saturated heterocycles. The predicted molar refractivity (Wildman–Crippen MR) is 137 cm³/mol. The Hall–Kier alpha value is -3.44. The Morgan fingerprint density at radius 3 is 2.41 bits per heavy atom. The second-order valence-electron chi connectivity index (χ2n) is 6.74. The van der Waals surface area contributed by atoms with Crippen molar-refractivity contribution in [2.45, 2.75) is 0 Å². The Kier molecular flexibility index (Phi) is 9.00. The predicted octanol–water partition coefficient (Wildman–Crippen LogP) is 4.05. The zero-order valence-corrected chi connectivity index (χ0v) is 20.8. The maximum absolute atomic E-state index is 12.4. The molecular formula is C24H19ClIN3O5. The molecule has 0 heterocycles. The summed E-state index contributed by atoms with van der Waals surface area (Å²) in [6, 6.07) is 18.4. The quantitative estimate of drug-likeness (QED) is 0.135. The van der Waals surface area contributed by atoms with Gasteiger partial charge < -0.3 is 14.8 Å². The van der Waals surface area contributed by atoms with Crippen molar-refractivity contribution < 1.29 is 23.9 Å². The molecule has 174 valence electrons. The van der Waals surface area contributed by atoms with Crippen molar-refractivity contribution in [1.82, 2.24) is 10.7 Å². The smallest absolute Gasteiger partial charge is 0.345 e. The fourth-order valence-electron chi connectivity index (χ4n) is 2.75. The average Bonchev–Trinajstić information content (AvgIpc) is 2.83. The molecule has 2 N–H and O–H groups in total. The number of carbonyl (C=O) groups excluding carboxylic acids is 3. The third-order valence-corrected chi connectivity index (χ3v) is 5.69. The molecule has 34 heavy (non-hydrogen) atoms. The highest BCUT2D eigenvalue weighted by Gasteiger charge is 2.15. The molecule has 2 amide bonds. The molecular weight excluding hydrogens is 573 g/mol. The van der Waals surface area contributed by atoms with Crippen LogP contribution in [0.3, 0.4) is 0 Å². The third-order valence-electron chi connectivity index (χ3n) is 4.41. The van der Waals surface area contributed by atoms with Crippen LogP contribution in [-0.2, 0) is 4.79 Å². The SMILES string of the molecule is COc1cc(/C=N/NC(=O)CNC(=O)c2ccccc2I)ccc1OC(=O)c1ccccc1Cl. The molecule has 0 aliphatic carbocycles. The van der Waals surface area contributed by atoms with Gasteiger partial charge in [0, 0.05) is 3.57 Å². The van der Waals surface area contributed by atoms with Gasteiger partial charge in [0.15, 0.2) is 11.5 Å². The number of halogens is 2. The van der Waals surface area contributed by atoms with Crippen LogP contribution in [0.25, 0.3) is 0 Å². The first-order valence-corrected chi connectivity index (χ1v) is 11.3. The van der Waals surface area contributed by atoms with Crippen LogP contribution in [0.2, 0.25) is 5.02 Å². The largest absolute Gasteiger partial charge is 0.493 e. The summed E-state index contributed by atoms with van der Waals surface area (Å²) in [5.41, 5.74) is 3.64. The molecule has 8 nitrogen and oxygen atoms in total. The van der Waals surface area contributed by atoms with E-state index in [1.165, 1.54) is 13.3 Å². The number of benzene rings is 3. The van der Waals surface area contributed by atoms with E-state index in [0.29, 0.717) is 16.9 Å². The van der Waals surface area contributed by atoms with E-state index in [-0.39, 0.29) is 28.8 Å². The highest BCUT2D eigenvalue weighted by atomic mass is 127. The second kappa shape index (κ2) is 12.1. The summed E-state index contributed by atoms with van der Waals surface area (Å²) >= 11 is 8.09. The summed E-state index contributed by atoms with van der Waals surface area (Å²) in [5, 5.41) is 6.70. The van der Waals surface area contributed by atoms with Gasteiger partial charge in [0.25, 0.3) is 11.8 Å². The van der Waals surface area contributed by atoms with E-state index in [2.05, 4.69) is 38.4 Å². The summed E-state index contributed by atoms with van der Waals surface area (Å²) < 4.78 is 11.5. The van der Waals surface area contributed by atoms with E-state index in [9.17, 15) is 14.4 Å². The summed E-state index contributed by atoms with van der Waals surface area (Å²) in [6.45, 7) is -0.235. The first-order valence-electron chi connectivity index (χ1n) is 9.88. The molecule has 0 atom stereocenters. The van der Waals surface area contributed by atoms with Crippen LogP contribution in [0.4, 0.5) is 0 Å². The number of nitrogens with one attached hydrogen (secondary N) is 2. The van der Waals surface area contributed by atoms with Crippen LogP contribution in [0.1, 0.15) is 26.3 Å². The van der Waals surface area contributed by atoms with Gasteiger partial charge in [-0.2, -0.15) is 5.10 Å². The normalized spacial score (nSPS) is 10.6. The molecule has 0 fully saturated rings. The van der Waals surface area contributed by atoms with Gasteiger partial charge in [-0.3, -0.25) is 9.59 Å². The lowest BCUT2D eigenvalue weighted by Gasteiger charge is -2.10. The Balaban J connectivity index is 1.56. The number of hydrogen-bond donors (Lipinski definition) is 2. The number of rotatable bonds is 8. The average molecular weight is 592 g/mol. The van der Waals surface area contributed by atoms with Gasteiger partial charge in [-0.1, -0.05) is 35.9 Å². The number of carbonyl (C=O) groups is 3. The lowest BCUT2D eigenvalue weighted by molar-refractivity contribution is -0.120. The van der Waals surface area contributed by atoms with Gasteiger partial charge in [-0.15, -0.1) is 0 Å². The topological polar surface area (TPSA) is 106 Å². The lowest BCUT2D eigenvalue weighted by atomic mass is 10.2. The molecule has 0 radical (unpaired) electrons. The first kappa shape index (κ1) is 25.2. The van der Waals surface area contributed by atoms with Crippen molar-refractivity contribution in [2.75, 3.05) is 13.7 Å². The third kappa shape index (κ3) is 6.78. The van der Waals surface area contributed by atoms with E-state index in [1.807, 2.05) is 6.07 Å². The molecule has 0 saturated carbocycles. The Morgan fingerprint density at radius 1 is 1.00 bits per heavy atom. The number of hydrogen-bond acceptors (Lipinski definition) is 6. The molecule has 0 aliphatic heterocycles. The van der Waals surface area contributed by atoms with Crippen molar-refractivity contribution in [3.63, 3.8) is 0 Å². The summed E-state index contributed by atoms with van der Waals surface area (Å²) in [7, 11) is 1.43. The molecule has 3 rings (SSSR count). The molecule has 0 aliphatic rings. The van der Waals surface area contributed by atoms with E-state index >= 15 is 0 Å². The summed E-state index contributed by atoms with van der Waals surface area (Å²) in [6.07, 6.45) is 1.39. The zero-order chi connectivity index (χ0) is 24.5. The van der Waals surface area contributed by atoms with Crippen molar-refractivity contribution in [3.8, 4) is 11.5 Å². The van der Waals surface area contributed by atoms with Crippen molar-refractivity contribution in [3.05, 3.63) is 92.0 Å². The van der Waals surface area contributed by atoms with E-state index in [1.54, 1.807) is 60.7 Å². The standard InChI is InChI=1S/C24H19ClIN3O5/c1-33-21-12-15(10-11-20(21)34-24(32)16-6-2-4-8-18(16)25)13-28-29-22(30)14-27-23(31)17-7-3-5-9-19(17)26/h2-13H,14H2,1H3,(H,27,31)(H,29,30)/b28-13+. The summed E-state index contributed by atoms with van der Waals surface area (Å²) in [5.74, 6) is -0.972. The van der Waals surface area contributed by atoms with E-state index in [4.69, 9.17) is 21.1 Å². The number of methoxy groups -OCH3 is 1. The molecule has 10 heteroatoms. The Morgan fingerprint density at radius 2 is 1.71 bits per heavy atom. The molecule has 3 aromatic carbocycles. The monoisotopic (exact) mass is 591 g/mol. The highest BCUT2D eigenvalue weighted by molar-refractivity contribution is 14.1. The van der Waals surface area contributed by atoms with Crippen LogP contribution >= 0.6 is 34.2 Å². The van der Waals surface area contributed by atoms with Gasteiger partial charge in [0.2, 0.25) is 0 Å². The first-order chi connectivity index (χ1) is 16.4. The van der Waals surface area contributed by atoms with Gasteiger partial charge in [0.1, 0.15) is 0 Å². The number of amides is 2. The van der Waals surface area contributed by atoms with Gasteiger partial charge in [-0.05, 0) is 70.6 Å². The van der Waals surface area contributed by atoms with Crippen LogP contribution < -0.4 is 20.2 Å². The minimum atomic E-state index is -0.621. The molecule has 0 bridgehead atoms. The molecule has 3 aromatic rings. The number of ether oxygens (including phenoxy) is 2. The summed E-state index contributed by atoms with van der Waals surface area (Å²) in [4.78, 5) is 36.5. The van der Waals surface area contributed by atoms with E-state index in [0.717, 1.165) is 3.57 Å². The highest BCUT2D eigenvalue weighted by Crippen LogP contribution is 2.29. The second-order valence-corrected chi connectivity index (χ2v) is 8.30. The zero-order valence-electron chi connectivity index (χ0n) is 17.9. The van der Waals surface area contributed by atoms with Crippen molar-refractivity contribution in [1.29, 1.82) is 0 Å². The van der Waals surface area contributed by atoms with Crippen LogP contribution in [0, 0.1) is 3.57 Å². The van der Waals surface area contributed by atoms with Gasteiger partial charge in [-0.25, -0.2) is 10.2 Å². The van der Waals surface area contributed by atoms with Crippen LogP contribution in [-0.4, -0.2) is 37.7 Å². The lowest BCUT2D eigenvalue weighted by Crippen LogP contribution is -2.35.